The van der Waals surface area contributed by atoms with E-state index in [1.807, 2.05) is 12.1 Å². The molecule has 0 saturated heterocycles. The lowest BCUT2D eigenvalue weighted by atomic mass is 9.85. The van der Waals surface area contributed by atoms with Crippen molar-refractivity contribution in [3.8, 4) is 11.5 Å². The Hall–Kier alpha value is -1.96. The Morgan fingerprint density at radius 2 is 1.23 bits per heavy atom. The fourth-order valence-electron chi connectivity index (χ4n) is 3.03. The molecule has 2 aromatic rings. The van der Waals surface area contributed by atoms with Crippen LogP contribution in [0.1, 0.15) is 61.8 Å². The molecule has 0 saturated carbocycles. The molecule has 2 N–H and O–H groups in total. The van der Waals surface area contributed by atoms with Crippen molar-refractivity contribution < 1.29 is 10.2 Å². The molecule has 2 aromatic carbocycles. The molecule has 0 heterocycles. The molecule has 118 valence electrons. The zero-order valence-electron chi connectivity index (χ0n) is 13.8. The Bertz CT molecular complexity index is 578. The van der Waals surface area contributed by atoms with Crippen molar-refractivity contribution in [1.82, 2.24) is 0 Å². The fraction of sp³-hybridized carbons (Fsp3) is 0.400. The van der Waals surface area contributed by atoms with Crippen LogP contribution in [0.3, 0.4) is 0 Å². The summed E-state index contributed by atoms with van der Waals surface area (Å²) in [6.45, 7) is 6.31. The fourth-order valence-corrected chi connectivity index (χ4v) is 3.03. The van der Waals surface area contributed by atoms with E-state index < -0.39 is 0 Å². The number of aromatic hydroxyl groups is 2. The molecule has 2 heteroatoms. The minimum absolute atomic E-state index is 0.307. The van der Waals surface area contributed by atoms with E-state index in [1.54, 1.807) is 12.1 Å². The quantitative estimate of drug-likeness (QED) is 0.773. The largest absolute Gasteiger partial charge is 0.508 e. The molecule has 0 aliphatic heterocycles. The summed E-state index contributed by atoms with van der Waals surface area (Å²) in [5.74, 6) is 1.06. The standard InChI is InChI=1S/C20H26O2/c1-4-7-18(16-8-10-19(21)14(5-2)12-16)17-9-11-20(22)15(6-3)13-17/h8-13,18,21-22H,4-7H2,1-3H3. The van der Waals surface area contributed by atoms with Gasteiger partial charge in [-0.15, -0.1) is 0 Å². The van der Waals surface area contributed by atoms with Gasteiger partial charge in [-0.3, -0.25) is 0 Å². The van der Waals surface area contributed by atoms with E-state index in [4.69, 9.17) is 0 Å². The second-order valence-corrected chi connectivity index (χ2v) is 5.82. The summed E-state index contributed by atoms with van der Waals surface area (Å²) in [5.41, 5.74) is 4.47. The number of hydrogen-bond acceptors (Lipinski definition) is 2. The van der Waals surface area contributed by atoms with Gasteiger partial charge in [0.2, 0.25) is 0 Å². The van der Waals surface area contributed by atoms with Crippen molar-refractivity contribution in [3.63, 3.8) is 0 Å². The van der Waals surface area contributed by atoms with Gasteiger partial charge in [-0.2, -0.15) is 0 Å². The van der Waals surface area contributed by atoms with Crippen LogP contribution in [-0.2, 0) is 12.8 Å². The molecular weight excluding hydrogens is 272 g/mol. The van der Waals surface area contributed by atoms with Crippen molar-refractivity contribution in [2.24, 2.45) is 0 Å². The second-order valence-electron chi connectivity index (χ2n) is 5.82. The molecule has 2 rings (SSSR count). The number of phenols is 2. The van der Waals surface area contributed by atoms with E-state index in [0.717, 1.165) is 36.8 Å². The van der Waals surface area contributed by atoms with Crippen LogP contribution in [0.4, 0.5) is 0 Å². The third-order valence-electron chi connectivity index (χ3n) is 4.35. The van der Waals surface area contributed by atoms with Crippen molar-refractivity contribution in [1.29, 1.82) is 0 Å². The van der Waals surface area contributed by atoms with Gasteiger partial charge < -0.3 is 10.2 Å². The van der Waals surface area contributed by atoms with Gasteiger partial charge in [-0.25, -0.2) is 0 Å². The average Bonchev–Trinajstić information content (AvgIpc) is 2.54. The van der Waals surface area contributed by atoms with Crippen LogP contribution in [0, 0.1) is 0 Å². The van der Waals surface area contributed by atoms with Gasteiger partial charge in [0, 0.05) is 5.92 Å². The third kappa shape index (κ3) is 3.44. The summed E-state index contributed by atoms with van der Waals surface area (Å²) < 4.78 is 0. The van der Waals surface area contributed by atoms with E-state index in [9.17, 15) is 10.2 Å². The predicted molar refractivity (Wildman–Crippen MR) is 91.7 cm³/mol. The molecule has 0 amide bonds. The Balaban J connectivity index is 2.45. The lowest BCUT2D eigenvalue weighted by molar-refractivity contribution is 0.468. The minimum atomic E-state index is 0.307. The van der Waals surface area contributed by atoms with Gasteiger partial charge in [-0.05, 0) is 53.6 Å². The highest BCUT2D eigenvalue weighted by atomic mass is 16.3. The Morgan fingerprint density at radius 3 is 1.59 bits per heavy atom. The number of aryl methyl sites for hydroxylation is 2. The molecule has 0 radical (unpaired) electrons. The Morgan fingerprint density at radius 1 is 0.773 bits per heavy atom. The van der Waals surface area contributed by atoms with Gasteiger partial charge in [0.25, 0.3) is 0 Å². The maximum absolute atomic E-state index is 9.90. The van der Waals surface area contributed by atoms with Crippen LogP contribution in [0.15, 0.2) is 36.4 Å². The van der Waals surface area contributed by atoms with E-state index in [1.165, 1.54) is 11.1 Å². The van der Waals surface area contributed by atoms with Crippen LogP contribution < -0.4 is 0 Å². The van der Waals surface area contributed by atoms with Crippen molar-refractivity contribution in [2.75, 3.05) is 0 Å². The molecule has 0 spiro atoms. The highest BCUT2D eigenvalue weighted by Gasteiger charge is 2.16. The highest BCUT2D eigenvalue weighted by Crippen LogP contribution is 2.34. The first kappa shape index (κ1) is 16.4. The minimum Gasteiger partial charge on any atom is -0.508 e. The van der Waals surface area contributed by atoms with Crippen LogP contribution in [0.2, 0.25) is 0 Å². The number of rotatable bonds is 6. The van der Waals surface area contributed by atoms with E-state index in [2.05, 4.69) is 32.9 Å². The monoisotopic (exact) mass is 298 g/mol. The molecular formula is C20H26O2. The predicted octanol–water partition coefficient (Wildman–Crippen LogP) is 5.15. The normalized spacial score (nSPS) is 11.1. The maximum atomic E-state index is 9.90. The van der Waals surface area contributed by atoms with E-state index in [-0.39, 0.29) is 0 Å². The highest BCUT2D eigenvalue weighted by molar-refractivity contribution is 5.44. The Labute approximate surface area is 133 Å². The van der Waals surface area contributed by atoms with Crippen LogP contribution in [-0.4, -0.2) is 10.2 Å². The van der Waals surface area contributed by atoms with Gasteiger partial charge in [0.05, 0.1) is 0 Å². The molecule has 2 nitrogen and oxygen atoms in total. The smallest absolute Gasteiger partial charge is 0.118 e. The molecule has 0 aromatic heterocycles. The number of benzene rings is 2. The van der Waals surface area contributed by atoms with Gasteiger partial charge in [-0.1, -0.05) is 51.5 Å². The lowest BCUT2D eigenvalue weighted by Gasteiger charge is -2.20. The third-order valence-corrected chi connectivity index (χ3v) is 4.35. The van der Waals surface area contributed by atoms with Crippen molar-refractivity contribution in [3.05, 3.63) is 58.7 Å². The first-order valence-electron chi connectivity index (χ1n) is 8.24. The number of hydrogen-bond donors (Lipinski definition) is 2. The Kier molecular flexibility index (Phi) is 5.48. The molecule has 0 aliphatic rings. The summed E-state index contributed by atoms with van der Waals surface area (Å²) in [6, 6.07) is 11.9. The first-order chi connectivity index (χ1) is 10.6. The summed E-state index contributed by atoms with van der Waals surface area (Å²) in [4.78, 5) is 0. The van der Waals surface area contributed by atoms with Crippen LogP contribution in [0.25, 0.3) is 0 Å². The molecule has 0 fully saturated rings. The van der Waals surface area contributed by atoms with Crippen molar-refractivity contribution >= 4 is 0 Å². The molecule has 0 aliphatic carbocycles. The molecule has 22 heavy (non-hydrogen) atoms. The van der Waals surface area contributed by atoms with Crippen LogP contribution in [0.5, 0.6) is 11.5 Å². The average molecular weight is 298 g/mol. The summed E-state index contributed by atoms with van der Waals surface area (Å²) in [6.07, 6.45) is 3.81. The summed E-state index contributed by atoms with van der Waals surface area (Å²) >= 11 is 0. The molecule has 0 unspecified atom stereocenters. The number of phenolic OH excluding ortho intramolecular Hbond substituents is 2. The molecule has 0 bridgehead atoms. The molecule has 0 atom stereocenters. The topological polar surface area (TPSA) is 40.5 Å². The lowest BCUT2D eigenvalue weighted by Crippen LogP contribution is -2.03. The zero-order valence-corrected chi connectivity index (χ0v) is 13.8. The van der Waals surface area contributed by atoms with Crippen molar-refractivity contribution in [2.45, 2.75) is 52.4 Å². The zero-order chi connectivity index (χ0) is 16.1. The summed E-state index contributed by atoms with van der Waals surface area (Å²) in [5, 5.41) is 19.8. The first-order valence-corrected chi connectivity index (χ1v) is 8.24. The van der Waals surface area contributed by atoms with E-state index in [0.29, 0.717) is 17.4 Å². The van der Waals surface area contributed by atoms with Gasteiger partial charge in [0.15, 0.2) is 0 Å². The maximum Gasteiger partial charge on any atom is 0.118 e. The van der Waals surface area contributed by atoms with E-state index >= 15 is 0 Å². The second kappa shape index (κ2) is 7.35. The van der Waals surface area contributed by atoms with Gasteiger partial charge in [0.1, 0.15) is 11.5 Å². The van der Waals surface area contributed by atoms with Crippen LogP contribution >= 0.6 is 0 Å². The van der Waals surface area contributed by atoms with Gasteiger partial charge >= 0.3 is 0 Å². The SMILES string of the molecule is CCCC(c1ccc(O)c(CC)c1)c1ccc(O)c(CC)c1. The summed E-state index contributed by atoms with van der Waals surface area (Å²) in [7, 11) is 0.